The van der Waals surface area contributed by atoms with E-state index in [1.807, 2.05) is 42.5 Å². The number of ether oxygens (including phenoxy) is 1. The molecule has 3 nitrogen and oxygen atoms in total. The molecule has 0 aliphatic heterocycles. The molecule has 2 aromatic rings. The molecule has 3 aliphatic rings. The Labute approximate surface area is 179 Å². The Morgan fingerprint density at radius 3 is 2.77 bits per heavy atom. The smallest absolute Gasteiger partial charge is 0.123 e. The fourth-order valence-corrected chi connectivity index (χ4v) is 6.66. The maximum atomic E-state index is 10.7. The van der Waals surface area contributed by atoms with Crippen LogP contribution in [0.15, 0.2) is 36.4 Å². The van der Waals surface area contributed by atoms with Gasteiger partial charge in [0.05, 0.1) is 13.2 Å². The predicted octanol–water partition coefficient (Wildman–Crippen LogP) is 5.79. The Bertz CT molecular complexity index is 978. The van der Waals surface area contributed by atoms with Crippen LogP contribution in [-0.4, -0.2) is 23.4 Å². The van der Waals surface area contributed by atoms with Gasteiger partial charge in [-0.1, -0.05) is 31.2 Å². The summed E-state index contributed by atoms with van der Waals surface area (Å²) in [5, 5.41) is 21.3. The van der Waals surface area contributed by atoms with Gasteiger partial charge in [-0.2, -0.15) is 0 Å². The highest BCUT2D eigenvalue weighted by Crippen LogP contribution is 2.61. The van der Waals surface area contributed by atoms with Crippen LogP contribution in [0.2, 0.25) is 0 Å². The predicted molar refractivity (Wildman–Crippen MR) is 121 cm³/mol. The first-order valence-corrected chi connectivity index (χ1v) is 11.4. The zero-order valence-electron chi connectivity index (χ0n) is 18.0. The van der Waals surface area contributed by atoms with Crippen molar-refractivity contribution in [3.8, 4) is 11.5 Å². The van der Waals surface area contributed by atoms with E-state index in [9.17, 15) is 10.2 Å². The number of methoxy groups -OCH3 is 1. The third kappa shape index (κ3) is 3.15. The lowest BCUT2D eigenvalue weighted by Crippen LogP contribution is -2.43. The molecule has 0 amide bonds. The van der Waals surface area contributed by atoms with Crippen LogP contribution in [0.1, 0.15) is 67.2 Å². The molecule has 0 spiro atoms. The second-order valence-electron chi connectivity index (χ2n) is 9.77. The summed E-state index contributed by atoms with van der Waals surface area (Å²) in [6, 6.07) is 12.2. The molecule has 2 N–H and O–H groups in total. The zero-order valence-corrected chi connectivity index (χ0v) is 18.0. The lowest BCUT2D eigenvalue weighted by Gasteiger charge is -2.50. The maximum absolute atomic E-state index is 10.7. The van der Waals surface area contributed by atoms with Gasteiger partial charge in [0, 0.05) is 5.56 Å². The first kappa shape index (κ1) is 19.7. The average Bonchev–Trinajstić information content (AvgIpc) is 3.07. The fourth-order valence-electron chi connectivity index (χ4n) is 6.66. The Hall–Kier alpha value is -2.26. The van der Waals surface area contributed by atoms with Crippen LogP contribution in [0.3, 0.4) is 0 Å². The van der Waals surface area contributed by atoms with Crippen LogP contribution < -0.4 is 4.74 Å². The molecule has 0 heterocycles. The summed E-state index contributed by atoms with van der Waals surface area (Å²) < 4.78 is 5.31. The lowest BCUT2D eigenvalue weighted by molar-refractivity contribution is -0.0226. The molecule has 0 aromatic heterocycles. The molecule has 0 radical (unpaired) electrons. The van der Waals surface area contributed by atoms with E-state index < -0.39 is 0 Å². The Morgan fingerprint density at radius 2 is 1.93 bits per heavy atom. The van der Waals surface area contributed by atoms with E-state index in [0.29, 0.717) is 23.5 Å². The Balaban J connectivity index is 1.46. The van der Waals surface area contributed by atoms with Crippen molar-refractivity contribution in [1.82, 2.24) is 0 Å². The monoisotopic (exact) mass is 404 g/mol. The normalized spacial score (nSPS) is 32.5. The minimum Gasteiger partial charge on any atom is -0.507 e. The number of fused-ring (bicyclic) bond motifs is 5. The largest absolute Gasteiger partial charge is 0.507 e. The van der Waals surface area contributed by atoms with Gasteiger partial charge in [-0.25, -0.2) is 0 Å². The number of rotatable bonds is 3. The number of aryl methyl sites for hydroxylation is 1. The summed E-state index contributed by atoms with van der Waals surface area (Å²) in [6.45, 7) is 2.32. The van der Waals surface area contributed by atoms with Crippen LogP contribution >= 0.6 is 0 Å². The summed E-state index contributed by atoms with van der Waals surface area (Å²) >= 11 is 0. The molecule has 0 unspecified atom stereocenters. The molecule has 30 heavy (non-hydrogen) atoms. The molecule has 2 aromatic carbocycles. The van der Waals surface area contributed by atoms with E-state index in [2.05, 4.69) is 13.0 Å². The highest BCUT2D eigenvalue weighted by atomic mass is 16.5. The van der Waals surface area contributed by atoms with Gasteiger partial charge in [0.25, 0.3) is 0 Å². The van der Waals surface area contributed by atoms with Gasteiger partial charge in [-0.3, -0.25) is 0 Å². The number of hydrogen-bond acceptors (Lipinski definition) is 3. The second-order valence-corrected chi connectivity index (χ2v) is 9.77. The van der Waals surface area contributed by atoms with Crippen molar-refractivity contribution >= 4 is 12.2 Å². The minimum atomic E-state index is -0.133. The summed E-state index contributed by atoms with van der Waals surface area (Å²) in [6.07, 6.45) is 10.5. The SMILES string of the molecule is COc1cccc(/C=C/c2cc3c(cc2O)CC[C@@H]2[C@@H]3CC[C@]3(C)[C@@H](O)CC[C@@H]23)c1. The van der Waals surface area contributed by atoms with Crippen molar-refractivity contribution in [2.75, 3.05) is 7.11 Å². The van der Waals surface area contributed by atoms with E-state index in [1.165, 1.54) is 17.5 Å². The van der Waals surface area contributed by atoms with Crippen molar-refractivity contribution in [2.24, 2.45) is 17.3 Å². The van der Waals surface area contributed by atoms with Crippen molar-refractivity contribution in [3.63, 3.8) is 0 Å². The van der Waals surface area contributed by atoms with E-state index >= 15 is 0 Å². The van der Waals surface area contributed by atoms with Crippen LogP contribution in [-0.2, 0) is 6.42 Å². The molecule has 0 saturated heterocycles. The quantitative estimate of drug-likeness (QED) is 0.637. The van der Waals surface area contributed by atoms with Gasteiger partial charge < -0.3 is 14.9 Å². The summed E-state index contributed by atoms with van der Waals surface area (Å²) in [5.41, 5.74) is 4.78. The molecule has 2 fully saturated rings. The van der Waals surface area contributed by atoms with Gasteiger partial charge >= 0.3 is 0 Å². The van der Waals surface area contributed by atoms with Gasteiger partial charge in [0.2, 0.25) is 0 Å². The summed E-state index contributed by atoms with van der Waals surface area (Å²) in [7, 11) is 1.67. The number of aliphatic hydroxyl groups is 1. The molecule has 5 rings (SSSR count). The molecule has 2 saturated carbocycles. The number of aliphatic hydroxyl groups excluding tert-OH is 1. The van der Waals surface area contributed by atoms with Crippen LogP contribution in [0.4, 0.5) is 0 Å². The van der Waals surface area contributed by atoms with Crippen molar-refractivity contribution in [3.05, 3.63) is 58.7 Å². The number of hydrogen-bond donors (Lipinski definition) is 2. The Kier molecular flexibility index (Phi) is 4.89. The van der Waals surface area contributed by atoms with E-state index in [-0.39, 0.29) is 11.5 Å². The lowest BCUT2D eigenvalue weighted by atomic mass is 9.55. The van der Waals surface area contributed by atoms with Crippen LogP contribution in [0.5, 0.6) is 11.5 Å². The van der Waals surface area contributed by atoms with Gasteiger partial charge in [-0.05, 0) is 103 Å². The van der Waals surface area contributed by atoms with E-state index in [0.717, 1.165) is 49.0 Å². The molecule has 0 bridgehead atoms. The fraction of sp³-hybridized carbons (Fsp3) is 0.481. The number of aromatic hydroxyl groups is 1. The average molecular weight is 405 g/mol. The maximum Gasteiger partial charge on any atom is 0.123 e. The second kappa shape index (κ2) is 7.46. The molecular formula is C27H32O3. The highest BCUT2D eigenvalue weighted by Gasteiger charge is 2.54. The van der Waals surface area contributed by atoms with E-state index in [1.54, 1.807) is 7.11 Å². The Morgan fingerprint density at radius 1 is 1.07 bits per heavy atom. The topological polar surface area (TPSA) is 49.7 Å². The van der Waals surface area contributed by atoms with Crippen LogP contribution in [0, 0.1) is 17.3 Å². The third-order valence-electron chi connectivity index (χ3n) is 8.37. The zero-order chi connectivity index (χ0) is 20.9. The summed E-state index contributed by atoms with van der Waals surface area (Å²) in [4.78, 5) is 0. The first-order valence-electron chi connectivity index (χ1n) is 11.4. The highest BCUT2D eigenvalue weighted by molar-refractivity contribution is 5.74. The molecule has 3 aliphatic carbocycles. The van der Waals surface area contributed by atoms with Crippen LogP contribution in [0.25, 0.3) is 12.2 Å². The summed E-state index contributed by atoms with van der Waals surface area (Å²) in [5.74, 6) is 3.04. The molecule has 3 heteroatoms. The molecule has 5 atom stereocenters. The third-order valence-corrected chi connectivity index (χ3v) is 8.37. The van der Waals surface area contributed by atoms with Crippen molar-refractivity contribution < 1.29 is 14.9 Å². The first-order chi connectivity index (χ1) is 14.5. The van der Waals surface area contributed by atoms with Gasteiger partial charge in [0.15, 0.2) is 0 Å². The number of benzene rings is 2. The van der Waals surface area contributed by atoms with E-state index in [4.69, 9.17) is 4.74 Å². The number of phenols is 1. The van der Waals surface area contributed by atoms with Gasteiger partial charge in [-0.15, -0.1) is 0 Å². The van der Waals surface area contributed by atoms with Crippen molar-refractivity contribution in [1.29, 1.82) is 0 Å². The number of phenolic OH excluding ortho intramolecular Hbond substituents is 1. The van der Waals surface area contributed by atoms with Crippen molar-refractivity contribution in [2.45, 2.75) is 57.5 Å². The molecular weight excluding hydrogens is 372 g/mol. The molecule has 158 valence electrons. The van der Waals surface area contributed by atoms with Gasteiger partial charge in [0.1, 0.15) is 11.5 Å². The minimum absolute atomic E-state index is 0.102. The standard InChI is InChI=1S/C27H32O3/c1-27-13-12-21-22(24(27)10-11-26(27)29)9-8-18-16-25(28)19(15-23(18)21)7-6-17-4-3-5-20(14-17)30-2/h3-7,14-16,21-22,24,26,28-29H,8-13H2,1-2H3/b7-6+/t21-,22+,24-,26-,27-/m0/s1.